The summed E-state index contributed by atoms with van der Waals surface area (Å²) in [6.45, 7) is 1.22. The van der Waals surface area contributed by atoms with Crippen molar-refractivity contribution >= 4 is 28.8 Å². The molecule has 194 valence electrons. The number of rotatable bonds is 5. The molecule has 37 heavy (non-hydrogen) atoms. The Hall–Kier alpha value is -3.83. The SMILES string of the molecule is CC(c1ccc(-c2ccc(OC(=O)O)nc2)cc1Cl)C(O)(c1ccc2c(c1)n(C)c(=O)n2C)C(F)(F)F. The molecule has 4 rings (SSSR count). The summed E-state index contributed by atoms with van der Waals surface area (Å²) in [5, 5.41) is 19.9. The van der Waals surface area contributed by atoms with Crippen LogP contribution in [0.1, 0.15) is 24.0 Å². The van der Waals surface area contributed by atoms with Crippen LogP contribution in [0.4, 0.5) is 18.0 Å². The van der Waals surface area contributed by atoms with Crippen LogP contribution in [-0.4, -0.2) is 36.7 Å². The molecule has 2 aromatic carbocycles. The molecule has 0 radical (unpaired) electrons. The summed E-state index contributed by atoms with van der Waals surface area (Å²) in [5.41, 5.74) is -2.44. The van der Waals surface area contributed by atoms with Crippen molar-refractivity contribution in [3.63, 3.8) is 0 Å². The first-order valence-corrected chi connectivity index (χ1v) is 11.2. The number of fused-ring (bicyclic) bond motifs is 1. The lowest BCUT2D eigenvalue weighted by Crippen LogP contribution is -2.46. The van der Waals surface area contributed by atoms with Gasteiger partial charge in [0.15, 0.2) is 5.60 Å². The monoisotopic (exact) mass is 535 g/mol. The third kappa shape index (κ3) is 4.44. The van der Waals surface area contributed by atoms with E-state index in [-0.39, 0.29) is 22.0 Å². The fraction of sp³-hybridized carbons (Fsp3) is 0.240. The average molecular weight is 536 g/mol. The van der Waals surface area contributed by atoms with Gasteiger partial charge in [0.25, 0.3) is 0 Å². The first-order valence-electron chi connectivity index (χ1n) is 10.9. The number of carboxylic acid groups (broad SMARTS) is 1. The summed E-state index contributed by atoms with van der Waals surface area (Å²) < 4.78 is 50.4. The van der Waals surface area contributed by atoms with Crippen molar-refractivity contribution in [2.75, 3.05) is 0 Å². The van der Waals surface area contributed by atoms with Gasteiger partial charge in [0.2, 0.25) is 5.88 Å². The molecule has 2 heterocycles. The average Bonchev–Trinajstić information content (AvgIpc) is 3.06. The second-order valence-electron chi connectivity index (χ2n) is 8.58. The van der Waals surface area contributed by atoms with Crippen LogP contribution in [-0.2, 0) is 19.7 Å². The minimum Gasteiger partial charge on any atom is -0.449 e. The molecule has 0 bridgehead atoms. The fourth-order valence-electron chi connectivity index (χ4n) is 4.39. The zero-order valence-corrected chi connectivity index (χ0v) is 20.5. The van der Waals surface area contributed by atoms with E-state index in [1.54, 1.807) is 0 Å². The summed E-state index contributed by atoms with van der Waals surface area (Å²) in [6, 6.07) is 10.9. The maximum Gasteiger partial charge on any atom is 0.512 e. The summed E-state index contributed by atoms with van der Waals surface area (Å²) >= 11 is 6.41. The van der Waals surface area contributed by atoms with E-state index in [1.165, 1.54) is 72.7 Å². The first-order chi connectivity index (χ1) is 17.3. The Kier molecular flexibility index (Phi) is 6.55. The number of aryl methyl sites for hydroxylation is 2. The van der Waals surface area contributed by atoms with Crippen molar-refractivity contribution < 1.29 is 32.9 Å². The minimum absolute atomic E-state index is 0.0215. The molecule has 2 atom stereocenters. The van der Waals surface area contributed by atoms with Crippen LogP contribution in [0.25, 0.3) is 22.2 Å². The van der Waals surface area contributed by atoms with Gasteiger partial charge in [-0.05, 0) is 41.0 Å². The first kappa shape index (κ1) is 26.2. The lowest BCUT2D eigenvalue weighted by atomic mass is 9.77. The van der Waals surface area contributed by atoms with Crippen LogP contribution in [0, 0.1) is 0 Å². The highest BCUT2D eigenvalue weighted by Crippen LogP contribution is 2.50. The quantitative estimate of drug-likeness (QED) is 0.340. The molecule has 0 fully saturated rings. The highest BCUT2D eigenvalue weighted by atomic mass is 35.5. The number of imidazole rings is 1. The molecule has 0 aliphatic heterocycles. The van der Waals surface area contributed by atoms with Gasteiger partial charge in [0.05, 0.1) is 11.0 Å². The van der Waals surface area contributed by atoms with Gasteiger partial charge in [0, 0.05) is 42.9 Å². The molecule has 0 saturated carbocycles. The molecule has 12 heteroatoms. The lowest BCUT2D eigenvalue weighted by molar-refractivity contribution is -0.274. The van der Waals surface area contributed by atoms with E-state index in [0.717, 1.165) is 12.1 Å². The van der Waals surface area contributed by atoms with Gasteiger partial charge in [-0.15, -0.1) is 0 Å². The molecule has 4 aromatic rings. The Balaban J connectivity index is 1.76. The van der Waals surface area contributed by atoms with Crippen molar-refractivity contribution in [1.82, 2.24) is 14.1 Å². The number of benzene rings is 2. The second-order valence-corrected chi connectivity index (χ2v) is 8.99. The molecule has 0 aliphatic carbocycles. The van der Waals surface area contributed by atoms with E-state index in [1.807, 2.05) is 0 Å². The van der Waals surface area contributed by atoms with Crippen LogP contribution in [0.3, 0.4) is 0 Å². The smallest absolute Gasteiger partial charge is 0.449 e. The number of hydrogen-bond acceptors (Lipinski definition) is 5. The number of aromatic nitrogens is 3. The Morgan fingerprint density at radius 3 is 2.24 bits per heavy atom. The fourth-order valence-corrected chi connectivity index (χ4v) is 4.73. The van der Waals surface area contributed by atoms with Crippen molar-refractivity contribution in [3.05, 3.63) is 81.4 Å². The molecule has 2 aromatic heterocycles. The summed E-state index contributed by atoms with van der Waals surface area (Å²) in [7, 11) is 2.95. The van der Waals surface area contributed by atoms with Gasteiger partial charge in [-0.25, -0.2) is 14.6 Å². The zero-order valence-electron chi connectivity index (χ0n) is 19.7. The van der Waals surface area contributed by atoms with Gasteiger partial charge in [-0.3, -0.25) is 9.13 Å². The van der Waals surface area contributed by atoms with Crippen molar-refractivity contribution in [3.8, 4) is 17.0 Å². The van der Waals surface area contributed by atoms with Gasteiger partial charge in [0.1, 0.15) is 0 Å². The number of alkyl halides is 3. The van der Waals surface area contributed by atoms with Gasteiger partial charge >= 0.3 is 18.0 Å². The number of aliphatic hydroxyl groups is 1. The number of halogens is 4. The highest BCUT2D eigenvalue weighted by molar-refractivity contribution is 6.31. The van der Waals surface area contributed by atoms with Gasteiger partial charge in [-0.1, -0.05) is 36.7 Å². The van der Waals surface area contributed by atoms with Crippen LogP contribution in [0.15, 0.2) is 59.5 Å². The minimum atomic E-state index is -5.08. The molecular weight excluding hydrogens is 515 g/mol. The largest absolute Gasteiger partial charge is 0.512 e. The van der Waals surface area contributed by atoms with E-state index in [9.17, 15) is 27.9 Å². The maximum absolute atomic E-state index is 14.5. The maximum atomic E-state index is 14.5. The van der Waals surface area contributed by atoms with Crippen LogP contribution in [0.5, 0.6) is 5.88 Å². The molecule has 0 saturated heterocycles. The molecule has 2 unspecified atom stereocenters. The topological polar surface area (TPSA) is 107 Å². The molecular formula is C25H21ClF3N3O5. The Morgan fingerprint density at radius 2 is 1.68 bits per heavy atom. The number of hydrogen-bond donors (Lipinski definition) is 2. The van der Waals surface area contributed by atoms with Crippen LogP contribution in [0.2, 0.25) is 5.02 Å². The second kappa shape index (κ2) is 9.24. The van der Waals surface area contributed by atoms with Gasteiger partial charge < -0.3 is 14.9 Å². The summed E-state index contributed by atoms with van der Waals surface area (Å²) in [5.74, 6) is -1.67. The number of carbonyl (C=O) groups is 1. The predicted molar refractivity (Wildman–Crippen MR) is 130 cm³/mol. The standard InChI is InChI=1S/C25H21ClF3N3O5/c1-13(17-7-4-14(10-18(17)26)15-5-9-21(30-12-15)37-23(34)35)24(36,25(27,28)29)16-6-8-19-20(11-16)32(3)22(33)31(19)2/h4-13,36H,1-3H3,(H,34,35). The normalized spacial score (nSPS) is 14.4. The Labute approximate surface area is 213 Å². The number of pyridine rings is 1. The van der Waals surface area contributed by atoms with Crippen LogP contribution < -0.4 is 10.4 Å². The van der Waals surface area contributed by atoms with Crippen molar-refractivity contribution in [1.29, 1.82) is 0 Å². The molecule has 2 N–H and O–H groups in total. The van der Waals surface area contributed by atoms with Crippen molar-refractivity contribution in [2.45, 2.75) is 24.6 Å². The molecule has 0 aliphatic rings. The number of ether oxygens (including phenoxy) is 1. The number of nitrogens with zero attached hydrogens (tertiary/aromatic N) is 3. The summed E-state index contributed by atoms with van der Waals surface area (Å²) in [4.78, 5) is 26.7. The van der Waals surface area contributed by atoms with E-state index in [2.05, 4.69) is 9.72 Å². The van der Waals surface area contributed by atoms with E-state index in [0.29, 0.717) is 16.6 Å². The zero-order chi connectivity index (χ0) is 27.3. The molecule has 0 amide bonds. The molecule has 0 spiro atoms. The third-order valence-electron chi connectivity index (χ3n) is 6.50. The van der Waals surface area contributed by atoms with Crippen LogP contribution >= 0.6 is 11.6 Å². The lowest BCUT2D eigenvalue weighted by Gasteiger charge is -2.37. The van der Waals surface area contributed by atoms with Gasteiger partial charge in [-0.2, -0.15) is 13.2 Å². The summed E-state index contributed by atoms with van der Waals surface area (Å²) in [6.07, 6.45) is -5.27. The Morgan fingerprint density at radius 1 is 1.03 bits per heavy atom. The molecule has 8 nitrogen and oxygen atoms in total. The van der Waals surface area contributed by atoms with E-state index in [4.69, 9.17) is 16.7 Å². The Bertz CT molecular complexity index is 1560. The van der Waals surface area contributed by atoms with Crippen molar-refractivity contribution in [2.24, 2.45) is 14.1 Å². The predicted octanol–water partition coefficient (Wildman–Crippen LogP) is 5.20. The van der Waals surface area contributed by atoms with E-state index >= 15 is 0 Å². The highest BCUT2D eigenvalue weighted by Gasteiger charge is 2.59. The third-order valence-corrected chi connectivity index (χ3v) is 6.83. The van der Waals surface area contributed by atoms with E-state index < -0.39 is 35.1 Å².